The number of carbonyl (C=O) groups excluding carboxylic acids is 1. The summed E-state index contributed by atoms with van der Waals surface area (Å²) in [5, 5.41) is 19.8. The largest absolute Gasteiger partial charge is 0.480 e. The Hall–Kier alpha value is -2.44. The average Bonchev–Trinajstić information content (AvgIpc) is 2.34. The standard InChI is InChI=1S/C14H18N2O5/c1-9-5-6-10(16(20)21)7-11(9)13(19)15(8-12(17)18)14(2,3)4/h5-7H,8H2,1-4H3,(H,17,18). The van der Waals surface area contributed by atoms with E-state index >= 15 is 0 Å². The molecule has 0 aliphatic carbocycles. The van der Waals surface area contributed by atoms with Gasteiger partial charge in [-0.1, -0.05) is 6.07 Å². The van der Waals surface area contributed by atoms with Gasteiger partial charge in [-0.15, -0.1) is 0 Å². The van der Waals surface area contributed by atoms with Crippen molar-refractivity contribution in [3.63, 3.8) is 0 Å². The van der Waals surface area contributed by atoms with E-state index in [9.17, 15) is 19.7 Å². The summed E-state index contributed by atoms with van der Waals surface area (Å²) in [6.45, 7) is 6.31. The fraction of sp³-hybridized carbons (Fsp3) is 0.429. The highest BCUT2D eigenvalue weighted by molar-refractivity contribution is 5.98. The Morgan fingerprint density at radius 1 is 1.33 bits per heavy atom. The first-order valence-corrected chi connectivity index (χ1v) is 6.33. The number of nitrogens with zero attached hydrogens (tertiary/aromatic N) is 2. The predicted molar refractivity (Wildman–Crippen MR) is 76.3 cm³/mol. The molecule has 1 amide bonds. The maximum absolute atomic E-state index is 12.6. The number of carboxylic acid groups (broad SMARTS) is 1. The summed E-state index contributed by atoms with van der Waals surface area (Å²) in [5.74, 6) is -1.67. The Morgan fingerprint density at radius 3 is 2.33 bits per heavy atom. The van der Waals surface area contributed by atoms with Gasteiger partial charge in [0, 0.05) is 23.2 Å². The Kier molecular flexibility index (Phi) is 4.67. The third-order valence-corrected chi connectivity index (χ3v) is 3.01. The van der Waals surface area contributed by atoms with Crippen LogP contribution in [-0.2, 0) is 4.79 Å². The van der Waals surface area contributed by atoms with Crippen LogP contribution in [-0.4, -0.2) is 38.9 Å². The van der Waals surface area contributed by atoms with E-state index in [0.29, 0.717) is 5.56 Å². The molecule has 0 bridgehead atoms. The smallest absolute Gasteiger partial charge is 0.323 e. The van der Waals surface area contributed by atoms with Gasteiger partial charge in [0.15, 0.2) is 0 Å². The molecule has 0 saturated carbocycles. The van der Waals surface area contributed by atoms with Crippen molar-refractivity contribution in [2.45, 2.75) is 33.2 Å². The summed E-state index contributed by atoms with van der Waals surface area (Å²) < 4.78 is 0. The van der Waals surface area contributed by atoms with Crippen LogP contribution >= 0.6 is 0 Å². The minimum Gasteiger partial charge on any atom is -0.480 e. The molecule has 0 unspecified atom stereocenters. The van der Waals surface area contributed by atoms with Gasteiger partial charge in [-0.25, -0.2) is 0 Å². The van der Waals surface area contributed by atoms with Crippen molar-refractivity contribution in [1.82, 2.24) is 4.90 Å². The summed E-state index contributed by atoms with van der Waals surface area (Å²) in [5.41, 5.74) is -0.217. The van der Waals surface area contributed by atoms with Crippen molar-refractivity contribution >= 4 is 17.6 Å². The average molecular weight is 294 g/mol. The number of carboxylic acids is 1. The lowest BCUT2D eigenvalue weighted by Crippen LogP contribution is -2.48. The first-order valence-electron chi connectivity index (χ1n) is 6.33. The highest BCUT2D eigenvalue weighted by atomic mass is 16.6. The van der Waals surface area contributed by atoms with Crippen molar-refractivity contribution in [3.05, 3.63) is 39.4 Å². The molecule has 1 N–H and O–H groups in total. The molecule has 0 aromatic heterocycles. The van der Waals surface area contributed by atoms with Crippen molar-refractivity contribution in [2.75, 3.05) is 6.54 Å². The monoisotopic (exact) mass is 294 g/mol. The molecular weight excluding hydrogens is 276 g/mol. The van der Waals surface area contributed by atoms with Gasteiger partial charge in [0.2, 0.25) is 0 Å². The molecule has 0 heterocycles. The maximum atomic E-state index is 12.6. The summed E-state index contributed by atoms with van der Waals surface area (Å²) in [6.07, 6.45) is 0. The second-order valence-electron chi connectivity index (χ2n) is 5.71. The number of benzene rings is 1. The van der Waals surface area contributed by atoms with E-state index in [1.165, 1.54) is 23.1 Å². The number of non-ortho nitro benzene ring substituents is 1. The van der Waals surface area contributed by atoms with Crippen LogP contribution in [0.3, 0.4) is 0 Å². The van der Waals surface area contributed by atoms with E-state index in [4.69, 9.17) is 5.11 Å². The van der Waals surface area contributed by atoms with Gasteiger partial charge in [0.25, 0.3) is 11.6 Å². The van der Waals surface area contributed by atoms with Gasteiger partial charge in [-0.3, -0.25) is 19.7 Å². The zero-order valence-corrected chi connectivity index (χ0v) is 12.4. The lowest BCUT2D eigenvalue weighted by atomic mass is 10.0. The number of nitro benzene ring substituents is 1. The van der Waals surface area contributed by atoms with Gasteiger partial charge < -0.3 is 10.0 Å². The van der Waals surface area contributed by atoms with Crippen LogP contribution in [0.25, 0.3) is 0 Å². The SMILES string of the molecule is Cc1ccc([N+](=O)[O-])cc1C(=O)N(CC(=O)O)C(C)(C)C. The molecule has 7 nitrogen and oxygen atoms in total. The first-order chi connectivity index (χ1) is 9.54. The predicted octanol–water partition coefficient (Wildman–Crippen LogP) is 2.23. The molecule has 7 heteroatoms. The minimum absolute atomic E-state index is 0.139. The van der Waals surface area contributed by atoms with Crippen LogP contribution in [0.5, 0.6) is 0 Å². The van der Waals surface area contributed by atoms with Crippen LogP contribution in [0.2, 0.25) is 0 Å². The van der Waals surface area contributed by atoms with Crippen LogP contribution in [0, 0.1) is 17.0 Å². The minimum atomic E-state index is -1.14. The first kappa shape index (κ1) is 16.6. The Labute approximate surface area is 122 Å². The topological polar surface area (TPSA) is 101 Å². The van der Waals surface area contributed by atoms with E-state index in [-0.39, 0.29) is 11.3 Å². The number of nitro groups is 1. The van der Waals surface area contributed by atoms with Crippen LogP contribution in [0.1, 0.15) is 36.7 Å². The Balaban J connectivity index is 3.29. The Morgan fingerprint density at radius 2 is 1.90 bits per heavy atom. The molecule has 0 aliphatic rings. The highest BCUT2D eigenvalue weighted by Gasteiger charge is 2.30. The molecule has 1 rings (SSSR count). The van der Waals surface area contributed by atoms with E-state index in [2.05, 4.69) is 0 Å². The molecule has 0 aliphatic heterocycles. The molecule has 0 saturated heterocycles. The van der Waals surface area contributed by atoms with E-state index in [1.54, 1.807) is 27.7 Å². The molecule has 21 heavy (non-hydrogen) atoms. The number of aryl methyl sites for hydroxylation is 1. The number of hydrogen-bond donors (Lipinski definition) is 1. The van der Waals surface area contributed by atoms with Crippen molar-refractivity contribution in [3.8, 4) is 0 Å². The van der Waals surface area contributed by atoms with E-state index in [0.717, 1.165) is 0 Å². The molecule has 0 radical (unpaired) electrons. The van der Waals surface area contributed by atoms with Crippen LogP contribution in [0.4, 0.5) is 5.69 Å². The van der Waals surface area contributed by atoms with Crippen molar-refractivity contribution in [1.29, 1.82) is 0 Å². The van der Waals surface area contributed by atoms with E-state index < -0.39 is 28.9 Å². The molecular formula is C14H18N2O5. The van der Waals surface area contributed by atoms with Gasteiger partial charge in [0.05, 0.1) is 4.92 Å². The van der Waals surface area contributed by atoms with Gasteiger partial charge in [-0.05, 0) is 33.3 Å². The third-order valence-electron chi connectivity index (χ3n) is 3.01. The lowest BCUT2D eigenvalue weighted by molar-refractivity contribution is -0.384. The molecule has 0 atom stereocenters. The normalized spacial score (nSPS) is 11.0. The number of carbonyl (C=O) groups is 2. The zero-order valence-electron chi connectivity index (χ0n) is 12.4. The fourth-order valence-electron chi connectivity index (χ4n) is 1.85. The molecule has 1 aromatic carbocycles. The molecule has 0 fully saturated rings. The number of rotatable bonds is 4. The number of hydrogen-bond acceptors (Lipinski definition) is 4. The Bertz CT molecular complexity index is 590. The molecule has 114 valence electrons. The summed E-state index contributed by atoms with van der Waals surface area (Å²) in [7, 11) is 0. The molecule has 0 spiro atoms. The molecule has 1 aromatic rings. The van der Waals surface area contributed by atoms with Crippen LogP contribution in [0.15, 0.2) is 18.2 Å². The van der Waals surface area contributed by atoms with Crippen molar-refractivity contribution in [2.24, 2.45) is 0 Å². The number of aliphatic carboxylic acids is 1. The quantitative estimate of drug-likeness (QED) is 0.677. The summed E-state index contributed by atoms with van der Waals surface area (Å²) in [6, 6.07) is 3.97. The number of amides is 1. The summed E-state index contributed by atoms with van der Waals surface area (Å²) in [4.78, 5) is 34.9. The summed E-state index contributed by atoms with van der Waals surface area (Å²) >= 11 is 0. The van der Waals surface area contributed by atoms with Gasteiger partial charge in [-0.2, -0.15) is 0 Å². The van der Waals surface area contributed by atoms with E-state index in [1.807, 2.05) is 0 Å². The van der Waals surface area contributed by atoms with Gasteiger partial charge >= 0.3 is 5.97 Å². The highest BCUT2D eigenvalue weighted by Crippen LogP contribution is 2.22. The second-order valence-corrected chi connectivity index (χ2v) is 5.71. The lowest BCUT2D eigenvalue weighted by Gasteiger charge is -2.34. The van der Waals surface area contributed by atoms with Crippen molar-refractivity contribution < 1.29 is 19.6 Å². The third kappa shape index (κ3) is 4.01. The zero-order chi connectivity index (χ0) is 16.4. The van der Waals surface area contributed by atoms with Gasteiger partial charge in [0.1, 0.15) is 6.54 Å². The fourth-order valence-corrected chi connectivity index (χ4v) is 1.85. The maximum Gasteiger partial charge on any atom is 0.323 e. The second kappa shape index (κ2) is 5.90. The van der Waals surface area contributed by atoms with Crippen LogP contribution < -0.4 is 0 Å².